The number of nitrogens with one attached hydrogen (secondary N) is 1. The predicted octanol–water partition coefficient (Wildman–Crippen LogP) is 3.27. The van der Waals surface area contributed by atoms with E-state index in [0.717, 1.165) is 10.9 Å². The molecule has 2 heterocycles. The van der Waals surface area contributed by atoms with E-state index in [2.05, 4.69) is 10.3 Å². The molecule has 1 atom stereocenters. The predicted molar refractivity (Wildman–Crippen MR) is 89.4 cm³/mol. The van der Waals surface area contributed by atoms with E-state index in [9.17, 15) is 9.90 Å². The number of nitrogens with zero attached hydrogens (tertiary/aromatic N) is 1. The Kier molecular flexibility index (Phi) is 3.11. The average Bonchev–Trinajstić information content (AvgIpc) is 2.79. The summed E-state index contributed by atoms with van der Waals surface area (Å²) in [7, 11) is 0. The van der Waals surface area contributed by atoms with E-state index >= 15 is 0 Å². The molecule has 0 fully saturated rings. The molecule has 23 heavy (non-hydrogen) atoms. The quantitative estimate of drug-likeness (QED) is 0.760. The average molecular weight is 325 g/mol. The van der Waals surface area contributed by atoms with Crippen molar-refractivity contribution in [1.29, 1.82) is 0 Å². The first kappa shape index (κ1) is 14.2. The monoisotopic (exact) mass is 324 g/mol. The van der Waals surface area contributed by atoms with E-state index < -0.39 is 11.5 Å². The largest absolute Gasteiger partial charge is 0.375 e. The molecule has 0 aliphatic carbocycles. The molecule has 4 nitrogen and oxygen atoms in total. The number of pyridine rings is 1. The number of aromatic nitrogens is 1. The van der Waals surface area contributed by atoms with Crippen LogP contribution in [0.1, 0.15) is 11.3 Å². The zero-order valence-corrected chi connectivity index (χ0v) is 12.8. The second-order valence-corrected chi connectivity index (χ2v) is 6.06. The number of hydrogen-bond acceptors (Lipinski definition) is 3. The van der Waals surface area contributed by atoms with E-state index in [-0.39, 0.29) is 6.42 Å². The van der Waals surface area contributed by atoms with E-state index in [1.165, 1.54) is 0 Å². The molecule has 5 heteroatoms. The van der Waals surface area contributed by atoms with Gasteiger partial charge >= 0.3 is 0 Å². The molecular formula is C18H13ClN2O2. The van der Waals surface area contributed by atoms with Gasteiger partial charge in [0.05, 0.1) is 5.52 Å². The molecule has 0 radical (unpaired) electrons. The van der Waals surface area contributed by atoms with Gasteiger partial charge in [-0.15, -0.1) is 0 Å². The Morgan fingerprint density at radius 2 is 1.91 bits per heavy atom. The third-order valence-electron chi connectivity index (χ3n) is 4.14. The first-order valence-corrected chi connectivity index (χ1v) is 7.63. The van der Waals surface area contributed by atoms with Gasteiger partial charge in [-0.05, 0) is 24.3 Å². The highest BCUT2D eigenvalue weighted by Crippen LogP contribution is 2.42. The number of carbonyl (C=O) groups excluding carboxylic acids is 1. The van der Waals surface area contributed by atoms with Crippen LogP contribution in [0.4, 0.5) is 5.69 Å². The third-order valence-corrected chi connectivity index (χ3v) is 4.46. The highest BCUT2D eigenvalue weighted by atomic mass is 35.5. The van der Waals surface area contributed by atoms with Crippen LogP contribution in [-0.4, -0.2) is 16.0 Å². The van der Waals surface area contributed by atoms with Gasteiger partial charge in [-0.25, -0.2) is 0 Å². The highest BCUT2D eigenvalue weighted by molar-refractivity contribution is 6.33. The number of rotatable bonds is 2. The molecule has 0 saturated carbocycles. The van der Waals surface area contributed by atoms with Gasteiger partial charge in [-0.2, -0.15) is 0 Å². The fourth-order valence-electron chi connectivity index (χ4n) is 3.03. The Labute approximate surface area is 137 Å². The maximum Gasteiger partial charge on any atom is 0.261 e. The number of carbonyl (C=O) groups is 1. The van der Waals surface area contributed by atoms with Gasteiger partial charge in [0.25, 0.3) is 5.91 Å². The van der Waals surface area contributed by atoms with Crippen molar-refractivity contribution >= 4 is 34.1 Å². The Hall–Kier alpha value is -2.43. The van der Waals surface area contributed by atoms with Crippen molar-refractivity contribution in [2.45, 2.75) is 12.0 Å². The first-order valence-electron chi connectivity index (χ1n) is 7.25. The summed E-state index contributed by atoms with van der Waals surface area (Å²) in [6.07, 6.45) is 0.0698. The molecule has 0 bridgehead atoms. The van der Waals surface area contributed by atoms with E-state index in [1.54, 1.807) is 18.2 Å². The van der Waals surface area contributed by atoms with Crippen LogP contribution >= 0.6 is 11.6 Å². The highest BCUT2D eigenvalue weighted by Gasteiger charge is 2.47. The Bertz CT molecular complexity index is 941. The van der Waals surface area contributed by atoms with Crippen LogP contribution in [0, 0.1) is 0 Å². The summed E-state index contributed by atoms with van der Waals surface area (Å²) in [5.41, 5.74) is 0.719. The molecule has 1 aliphatic heterocycles. The number of aliphatic hydroxyl groups is 1. The summed E-state index contributed by atoms with van der Waals surface area (Å²) in [6.45, 7) is 0. The van der Waals surface area contributed by atoms with Gasteiger partial charge in [0.1, 0.15) is 0 Å². The molecule has 4 rings (SSSR count). The van der Waals surface area contributed by atoms with Crippen LogP contribution in [0.2, 0.25) is 5.02 Å². The number of amides is 1. The molecule has 2 aromatic carbocycles. The Morgan fingerprint density at radius 1 is 1.09 bits per heavy atom. The SMILES string of the molecule is O=C1Nc2cccc(Cl)c2C1(O)Cc1ccc2ccccc2n1. The topological polar surface area (TPSA) is 62.2 Å². The van der Waals surface area contributed by atoms with Crippen molar-refractivity contribution in [3.63, 3.8) is 0 Å². The van der Waals surface area contributed by atoms with E-state index in [4.69, 9.17) is 11.6 Å². The number of fused-ring (bicyclic) bond motifs is 2. The van der Waals surface area contributed by atoms with Crippen LogP contribution in [0.3, 0.4) is 0 Å². The fourth-order valence-corrected chi connectivity index (χ4v) is 3.36. The minimum Gasteiger partial charge on any atom is -0.375 e. The smallest absolute Gasteiger partial charge is 0.261 e. The lowest BCUT2D eigenvalue weighted by Crippen LogP contribution is -2.36. The van der Waals surface area contributed by atoms with Crippen molar-refractivity contribution in [3.8, 4) is 0 Å². The van der Waals surface area contributed by atoms with Crippen LogP contribution < -0.4 is 5.32 Å². The van der Waals surface area contributed by atoms with Crippen LogP contribution in [0.5, 0.6) is 0 Å². The summed E-state index contributed by atoms with van der Waals surface area (Å²) in [5.74, 6) is -0.476. The zero-order chi connectivity index (χ0) is 16.0. The normalized spacial score (nSPS) is 19.7. The fraction of sp³-hybridized carbons (Fsp3) is 0.111. The van der Waals surface area contributed by atoms with Gasteiger partial charge in [0, 0.05) is 33.8 Å². The second-order valence-electron chi connectivity index (χ2n) is 5.65. The van der Waals surface area contributed by atoms with Crippen LogP contribution in [0.15, 0.2) is 54.6 Å². The molecular weight excluding hydrogens is 312 g/mol. The summed E-state index contributed by atoms with van der Waals surface area (Å²) in [6, 6.07) is 16.6. The first-order chi connectivity index (χ1) is 11.1. The summed E-state index contributed by atoms with van der Waals surface area (Å²) in [5, 5.41) is 15.0. The molecule has 0 saturated heterocycles. The maximum absolute atomic E-state index is 12.3. The lowest BCUT2D eigenvalue weighted by atomic mass is 9.90. The van der Waals surface area contributed by atoms with Crippen LogP contribution in [-0.2, 0) is 16.8 Å². The third kappa shape index (κ3) is 2.19. The maximum atomic E-state index is 12.3. The zero-order valence-electron chi connectivity index (χ0n) is 12.1. The standard InChI is InChI=1S/C18H13ClN2O2/c19-13-5-3-7-15-16(13)18(23,17(22)21-15)10-12-9-8-11-4-1-2-6-14(11)20-12/h1-9,23H,10H2,(H,21,22). The van der Waals surface area contributed by atoms with Crippen molar-refractivity contribution in [2.75, 3.05) is 5.32 Å². The summed E-state index contributed by atoms with van der Waals surface area (Å²) in [4.78, 5) is 16.9. The number of hydrogen-bond donors (Lipinski definition) is 2. The number of benzene rings is 2. The van der Waals surface area contributed by atoms with Crippen molar-refractivity contribution in [2.24, 2.45) is 0 Å². The minimum atomic E-state index is -1.71. The second kappa shape index (κ2) is 5.05. The molecule has 1 aromatic heterocycles. The molecule has 1 amide bonds. The van der Waals surface area contributed by atoms with E-state index in [1.807, 2.05) is 36.4 Å². The minimum absolute atomic E-state index is 0.0698. The number of para-hydroxylation sites is 1. The molecule has 2 N–H and O–H groups in total. The van der Waals surface area contributed by atoms with Crippen molar-refractivity contribution in [1.82, 2.24) is 4.98 Å². The molecule has 1 aliphatic rings. The van der Waals surface area contributed by atoms with E-state index in [0.29, 0.717) is 22.0 Å². The van der Waals surface area contributed by atoms with Gasteiger partial charge in [0.15, 0.2) is 5.60 Å². The van der Waals surface area contributed by atoms with Crippen molar-refractivity contribution in [3.05, 3.63) is 70.9 Å². The summed E-state index contributed by atoms with van der Waals surface area (Å²) < 4.78 is 0. The molecule has 114 valence electrons. The van der Waals surface area contributed by atoms with Gasteiger partial charge in [0.2, 0.25) is 0 Å². The van der Waals surface area contributed by atoms with Crippen LogP contribution in [0.25, 0.3) is 10.9 Å². The Balaban J connectivity index is 1.79. The van der Waals surface area contributed by atoms with Gasteiger partial charge in [-0.3, -0.25) is 9.78 Å². The Morgan fingerprint density at radius 3 is 2.78 bits per heavy atom. The number of anilines is 1. The van der Waals surface area contributed by atoms with Gasteiger partial charge < -0.3 is 10.4 Å². The molecule has 0 spiro atoms. The molecule has 1 unspecified atom stereocenters. The summed E-state index contributed by atoms with van der Waals surface area (Å²) >= 11 is 6.21. The lowest BCUT2D eigenvalue weighted by molar-refractivity contribution is -0.133. The number of halogens is 1. The van der Waals surface area contributed by atoms with Gasteiger partial charge in [-0.1, -0.05) is 41.9 Å². The lowest BCUT2D eigenvalue weighted by Gasteiger charge is -2.21. The molecule has 3 aromatic rings. The van der Waals surface area contributed by atoms with Crippen molar-refractivity contribution < 1.29 is 9.90 Å².